The van der Waals surface area contributed by atoms with Gasteiger partial charge in [0.25, 0.3) is 0 Å². The maximum absolute atomic E-state index is 6.11. The van der Waals surface area contributed by atoms with Crippen LogP contribution in [0.3, 0.4) is 0 Å². The fraction of sp³-hybridized carbons (Fsp3) is 1.00. The Morgan fingerprint density at radius 2 is 1.62 bits per heavy atom. The van der Waals surface area contributed by atoms with E-state index in [4.69, 9.17) is 4.12 Å². The van der Waals surface area contributed by atoms with Crippen LogP contribution in [-0.2, 0) is 4.12 Å². The smallest absolute Gasteiger partial charge is 0.174 e. The van der Waals surface area contributed by atoms with Crippen LogP contribution in [0.15, 0.2) is 0 Å². The van der Waals surface area contributed by atoms with Gasteiger partial charge in [0.1, 0.15) is 0 Å². The first-order chi connectivity index (χ1) is 5.89. The van der Waals surface area contributed by atoms with Crippen LogP contribution in [0.25, 0.3) is 0 Å². The molecule has 2 nitrogen and oxygen atoms in total. The Kier molecular flexibility index (Phi) is 6.12. The summed E-state index contributed by atoms with van der Waals surface area (Å²) >= 11 is 0. The van der Waals surface area contributed by atoms with E-state index in [1.54, 1.807) is 0 Å². The molecule has 0 radical (unpaired) electrons. The SMILES string of the molecule is CCN(CC)C[SiH](C)O[Si](C)(C)C. The third-order valence-electron chi connectivity index (χ3n) is 1.96. The maximum atomic E-state index is 6.11. The molecule has 0 N–H and O–H groups in total. The highest BCUT2D eigenvalue weighted by Crippen LogP contribution is 2.05. The second kappa shape index (κ2) is 5.95. The van der Waals surface area contributed by atoms with Crippen molar-refractivity contribution in [3.05, 3.63) is 0 Å². The highest BCUT2D eigenvalue weighted by Gasteiger charge is 2.19. The van der Waals surface area contributed by atoms with E-state index in [-0.39, 0.29) is 0 Å². The van der Waals surface area contributed by atoms with Crippen LogP contribution in [0.2, 0.25) is 26.2 Å². The lowest BCUT2D eigenvalue weighted by Crippen LogP contribution is -2.41. The fourth-order valence-corrected chi connectivity index (χ4v) is 7.86. The predicted molar refractivity (Wildman–Crippen MR) is 65.2 cm³/mol. The lowest BCUT2D eigenvalue weighted by Gasteiger charge is -2.27. The molecule has 0 aliphatic heterocycles. The minimum atomic E-state index is -1.28. The van der Waals surface area contributed by atoms with Crippen molar-refractivity contribution >= 4 is 17.4 Å². The summed E-state index contributed by atoms with van der Waals surface area (Å²) in [5.74, 6) is 0. The van der Waals surface area contributed by atoms with E-state index in [0.717, 1.165) is 13.1 Å². The summed E-state index contributed by atoms with van der Waals surface area (Å²) in [6.07, 6.45) is 1.21. The molecule has 0 spiro atoms. The van der Waals surface area contributed by atoms with E-state index >= 15 is 0 Å². The Bertz CT molecular complexity index is 132. The first-order valence-corrected chi connectivity index (χ1v) is 11.1. The molecule has 0 aliphatic rings. The van der Waals surface area contributed by atoms with Gasteiger partial charge in [0, 0.05) is 6.17 Å². The molecule has 13 heavy (non-hydrogen) atoms. The molecule has 4 heteroatoms. The van der Waals surface area contributed by atoms with E-state index < -0.39 is 17.4 Å². The van der Waals surface area contributed by atoms with Crippen LogP contribution >= 0.6 is 0 Å². The van der Waals surface area contributed by atoms with E-state index in [0.29, 0.717) is 0 Å². The van der Waals surface area contributed by atoms with Crippen molar-refractivity contribution in [2.24, 2.45) is 0 Å². The van der Waals surface area contributed by atoms with Gasteiger partial charge in [-0.05, 0) is 39.3 Å². The summed E-state index contributed by atoms with van der Waals surface area (Å²) in [5.41, 5.74) is 0. The molecular formula is C9H25NOSi2. The number of hydrogen-bond acceptors (Lipinski definition) is 2. The third kappa shape index (κ3) is 7.43. The first kappa shape index (κ1) is 13.4. The zero-order chi connectivity index (χ0) is 10.5. The van der Waals surface area contributed by atoms with Crippen molar-refractivity contribution in [2.75, 3.05) is 19.3 Å². The van der Waals surface area contributed by atoms with Gasteiger partial charge in [-0.25, -0.2) is 0 Å². The highest BCUT2D eigenvalue weighted by atomic mass is 28.4. The van der Waals surface area contributed by atoms with Crippen LogP contribution in [-0.4, -0.2) is 41.5 Å². The van der Waals surface area contributed by atoms with Gasteiger partial charge >= 0.3 is 0 Å². The molecule has 0 saturated carbocycles. The van der Waals surface area contributed by atoms with Crippen LogP contribution in [0.5, 0.6) is 0 Å². The van der Waals surface area contributed by atoms with Gasteiger partial charge < -0.3 is 9.02 Å². The Hall–Kier alpha value is 0.354. The van der Waals surface area contributed by atoms with Gasteiger partial charge in [0.15, 0.2) is 17.4 Å². The van der Waals surface area contributed by atoms with E-state index in [1.807, 2.05) is 0 Å². The third-order valence-corrected chi connectivity index (χ3v) is 7.43. The van der Waals surface area contributed by atoms with Crippen molar-refractivity contribution in [3.63, 3.8) is 0 Å². The van der Waals surface area contributed by atoms with Crippen LogP contribution < -0.4 is 0 Å². The number of nitrogens with zero attached hydrogens (tertiary/aromatic N) is 1. The molecule has 0 aromatic heterocycles. The summed E-state index contributed by atoms with van der Waals surface area (Å²) in [5, 5.41) is 0. The molecule has 1 unspecified atom stereocenters. The van der Waals surface area contributed by atoms with Crippen LogP contribution in [0.1, 0.15) is 13.8 Å². The lowest BCUT2D eigenvalue weighted by molar-refractivity contribution is 0.337. The summed E-state index contributed by atoms with van der Waals surface area (Å²) in [7, 11) is -2.21. The Labute approximate surface area is 86.1 Å². The monoisotopic (exact) mass is 219 g/mol. The average molecular weight is 219 g/mol. The zero-order valence-corrected chi connectivity index (χ0v) is 12.2. The molecule has 0 aromatic rings. The van der Waals surface area contributed by atoms with Crippen LogP contribution in [0.4, 0.5) is 0 Å². The van der Waals surface area contributed by atoms with Gasteiger partial charge in [-0.2, -0.15) is 0 Å². The normalized spacial score (nSPS) is 15.0. The zero-order valence-electron chi connectivity index (χ0n) is 10.1. The van der Waals surface area contributed by atoms with Crippen molar-refractivity contribution in [1.82, 2.24) is 4.90 Å². The molecule has 0 saturated heterocycles. The van der Waals surface area contributed by atoms with E-state index in [2.05, 4.69) is 44.9 Å². The maximum Gasteiger partial charge on any atom is 0.174 e. The fourth-order valence-electron chi connectivity index (χ4n) is 1.49. The Morgan fingerprint density at radius 3 is 1.92 bits per heavy atom. The first-order valence-electron chi connectivity index (χ1n) is 5.29. The number of hydrogen-bond donors (Lipinski definition) is 0. The topological polar surface area (TPSA) is 12.5 Å². The summed E-state index contributed by atoms with van der Waals surface area (Å²) in [4.78, 5) is 2.47. The van der Waals surface area contributed by atoms with Crippen molar-refractivity contribution in [2.45, 2.75) is 40.0 Å². The van der Waals surface area contributed by atoms with E-state index in [9.17, 15) is 0 Å². The minimum Gasteiger partial charge on any atom is -0.457 e. The Balaban J connectivity index is 3.79. The predicted octanol–water partition coefficient (Wildman–Crippen LogP) is 2.07. The lowest BCUT2D eigenvalue weighted by atomic mass is 10.6. The molecule has 0 aromatic carbocycles. The molecule has 0 heterocycles. The quantitative estimate of drug-likeness (QED) is 0.634. The van der Waals surface area contributed by atoms with Gasteiger partial charge in [0.05, 0.1) is 0 Å². The molecule has 0 amide bonds. The summed E-state index contributed by atoms with van der Waals surface area (Å²) in [6.45, 7) is 15.9. The van der Waals surface area contributed by atoms with Crippen LogP contribution in [0, 0.1) is 0 Å². The molecule has 1 atom stereocenters. The van der Waals surface area contributed by atoms with E-state index in [1.165, 1.54) is 6.17 Å². The summed E-state index contributed by atoms with van der Waals surface area (Å²) < 4.78 is 6.11. The second-order valence-electron chi connectivity index (χ2n) is 4.53. The van der Waals surface area contributed by atoms with Gasteiger partial charge in [-0.3, -0.25) is 0 Å². The average Bonchev–Trinajstić information content (AvgIpc) is 1.96. The second-order valence-corrected chi connectivity index (χ2v) is 11.7. The van der Waals surface area contributed by atoms with Crippen molar-refractivity contribution in [1.29, 1.82) is 0 Å². The summed E-state index contributed by atoms with van der Waals surface area (Å²) in [6, 6.07) is 0. The van der Waals surface area contributed by atoms with Crippen molar-refractivity contribution in [3.8, 4) is 0 Å². The molecule has 0 fully saturated rings. The molecule has 0 bridgehead atoms. The minimum absolute atomic E-state index is 0.933. The standard InChI is InChI=1S/C9H25NOSi2/c1-7-10(8-2)9-12(3)11-13(4,5)6/h12H,7-9H2,1-6H3. The largest absolute Gasteiger partial charge is 0.457 e. The van der Waals surface area contributed by atoms with Gasteiger partial charge in [-0.15, -0.1) is 0 Å². The Morgan fingerprint density at radius 1 is 1.15 bits per heavy atom. The molecule has 80 valence electrons. The molecular weight excluding hydrogens is 194 g/mol. The van der Waals surface area contributed by atoms with Crippen molar-refractivity contribution < 1.29 is 4.12 Å². The number of rotatable bonds is 6. The molecule has 0 rings (SSSR count). The van der Waals surface area contributed by atoms with Gasteiger partial charge in [-0.1, -0.05) is 13.8 Å². The van der Waals surface area contributed by atoms with Gasteiger partial charge in [0.2, 0.25) is 0 Å². The molecule has 0 aliphatic carbocycles. The highest BCUT2D eigenvalue weighted by molar-refractivity contribution is 6.77.